The van der Waals surface area contributed by atoms with E-state index in [1.165, 1.54) is 0 Å². The van der Waals surface area contributed by atoms with Crippen molar-refractivity contribution in [3.8, 4) is 0 Å². The van der Waals surface area contributed by atoms with Gasteiger partial charge in [-0.3, -0.25) is 0 Å². The molecule has 0 aliphatic carbocycles. The van der Waals surface area contributed by atoms with E-state index < -0.39 is 0 Å². The van der Waals surface area contributed by atoms with E-state index >= 15 is 0 Å². The molecule has 0 fully saturated rings. The Morgan fingerprint density at radius 2 is 2.14 bits per heavy atom. The molecule has 0 bridgehead atoms. The molecule has 42 valence electrons. The number of aliphatic hydroxyl groups is 1. The van der Waals surface area contributed by atoms with Crippen LogP contribution in [0.5, 0.6) is 0 Å². The number of aliphatic hydroxyl groups excluding tert-OH is 1. The predicted octanol–water partition coefficient (Wildman–Crippen LogP) is -0.901. The van der Waals surface area contributed by atoms with Crippen LogP contribution in [0, 0.1) is 0 Å². The number of ether oxygens (including phenoxy) is 1. The summed E-state index contributed by atoms with van der Waals surface area (Å²) in [5.74, 6) is 0. The van der Waals surface area contributed by atoms with Gasteiger partial charge in [0.2, 0.25) is 0 Å². The summed E-state index contributed by atoms with van der Waals surface area (Å²) in [6.07, 6.45) is 0. The molecule has 3 heteroatoms. The van der Waals surface area contributed by atoms with Crippen molar-refractivity contribution in [3.63, 3.8) is 0 Å². The maximum atomic E-state index is 8.07. The predicted molar refractivity (Wildman–Crippen MR) is 32.1 cm³/mol. The van der Waals surface area contributed by atoms with Gasteiger partial charge in [-0.25, -0.2) is 0 Å². The molecule has 0 spiro atoms. The average Bonchev–Trinajstić information content (AvgIpc) is 1.61. The van der Waals surface area contributed by atoms with Gasteiger partial charge in [0.05, 0.1) is 13.2 Å². The zero-order chi connectivity index (χ0) is 4.83. The number of hydrogen-bond acceptors (Lipinski definition) is 2. The van der Waals surface area contributed by atoms with Crippen LogP contribution < -0.4 is 0 Å². The van der Waals surface area contributed by atoms with Gasteiger partial charge in [-0.1, -0.05) is 0 Å². The average molecular weight is 132 g/mol. The topological polar surface area (TPSA) is 29.5 Å². The van der Waals surface area contributed by atoms with Crippen LogP contribution in [-0.4, -0.2) is 62.7 Å². The first-order chi connectivity index (χ1) is 2.91. The fourth-order valence-electron chi connectivity index (χ4n) is 0.209. The third-order valence-corrected chi connectivity index (χ3v) is 0.440. The first-order valence-corrected chi connectivity index (χ1v) is 2.10. The van der Waals surface area contributed by atoms with Gasteiger partial charge in [-0.2, -0.15) is 0 Å². The van der Waals surface area contributed by atoms with Crippen LogP contribution >= 0.6 is 0 Å². The minimum absolute atomic E-state index is 0. The zero-order valence-corrected chi connectivity index (χ0v) is 3.98. The van der Waals surface area contributed by atoms with Crippen LogP contribution in [0.1, 0.15) is 6.92 Å². The third-order valence-electron chi connectivity index (χ3n) is 0.440. The Kier molecular flexibility index (Phi) is 16.1. The molecule has 1 N–H and O–H groups in total. The molecule has 7 heavy (non-hydrogen) atoms. The van der Waals surface area contributed by atoms with E-state index in [2.05, 4.69) is 0 Å². The van der Waals surface area contributed by atoms with E-state index in [0.29, 0.717) is 13.2 Å². The summed E-state index contributed by atoms with van der Waals surface area (Å²) in [6.45, 7) is 3.20. The molecule has 0 aromatic carbocycles. The van der Waals surface area contributed by atoms with Gasteiger partial charge >= 0.3 is 37.7 Å². The Labute approximate surface area is 73.9 Å². The monoisotopic (exact) mass is 132 g/mol. The Bertz CT molecular complexity index is 21.7. The van der Waals surface area contributed by atoms with E-state index in [-0.39, 0.29) is 44.3 Å². The fourth-order valence-corrected chi connectivity index (χ4v) is 0.209. The molecule has 2 nitrogen and oxygen atoms in total. The first-order valence-electron chi connectivity index (χ1n) is 2.10. The summed E-state index contributed by atoms with van der Waals surface area (Å²) in [5.41, 5.74) is 0. The second kappa shape index (κ2) is 10.2. The van der Waals surface area contributed by atoms with Gasteiger partial charge in [0.15, 0.2) is 0 Å². The Balaban J connectivity index is 0. The summed E-state index contributed by atoms with van der Waals surface area (Å²) < 4.78 is 4.73. The minimum atomic E-state index is 0. The molecule has 0 unspecified atom stereocenters. The molecule has 0 saturated heterocycles. The Hall–Kier alpha value is 1.18. The molecule has 0 aliphatic rings. The second-order valence-corrected chi connectivity index (χ2v) is 0.921. The molecule has 0 saturated carbocycles. The standard InChI is InChI=1S/C4H10O2.Ca.2H/c1-2-6-4-3-5;;;/h5H,2-4H2,1H3;;;. The van der Waals surface area contributed by atoms with Crippen molar-refractivity contribution in [2.24, 2.45) is 0 Å². The number of rotatable bonds is 3. The van der Waals surface area contributed by atoms with Gasteiger partial charge in [-0.05, 0) is 6.92 Å². The van der Waals surface area contributed by atoms with E-state index in [1.54, 1.807) is 0 Å². The molecule has 0 aromatic heterocycles. The van der Waals surface area contributed by atoms with Gasteiger partial charge in [0.1, 0.15) is 0 Å². The summed E-state index contributed by atoms with van der Waals surface area (Å²) in [6, 6.07) is 0. The summed E-state index contributed by atoms with van der Waals surface area (Å²) in [4.78, 5) is 0. The van der Waals surface area contributed by atoms with Crippen molar-refractivity contribution in [2.75, 3.05) is 19.8 Å². The Morgan fingerprint density at radius 1 is 1.57 bits per heavy atom. The molecule has 0 heterocycles. The van der Waals surface area contributed by atoms with Gasteiger partial charge in [-0.15, -0.1) is 0 Å². The molecule has 0 aliphatic heterocycles. The second-order valence-electron chi connectivity index (χ2n) is 0.921. The third kappa shape index (κ3) is 11.0. The van der Waals surface area contributed by atoms with Crippen molar-refractivity contribution in [1.29, 1.82) is 0 Å². The van der Waals surface area contributed by atoms with Gasteiger partial charge in [0, 0.05) is 6.61 Å². The van der Waals surface area contributed by atoms with Crippen LogP contribution in [-0.2, 0) is 4.74 Å². The molecular weight excluding hydrogens is 120 g/mol. The molecule has 0 radical (unpaired) electrons. The van der Waals surface area contributed by atoms with Crippen molar-refractivity contribution in [1.82, 2.24) is 0 Å². The first kappa shape index (κ1) is 11.0. The summed E-state index contributed by atoms with van der Waals surface area (Å²) in [5, 5.41) is 8.07. The van der Waals surface area contributed by atoms with Crippen molar-refractivity contribution < 1.29 is 9.84 Å². The normalized spacial score (nSPS) is 7.71. The molecule has 0 atom stereocenters. The number of hydrogen-bond donors (Lipinski definition) is 1. The molecule has 0 rings (SSSR count). The van der Waals surface area contributed by atoms with E-state index in [0.717, 1.165) is 0 Å². The van der Waals surface area contributed by atoms with Crippen LogP contribution in [0.15, 0.2) is 0 Å². The van der Waals surface area contributed by atoms with Crippen LogP contribution in [0.2, 0.25) is 0 Å². The van der Waals surface area contributed by atoms with Gasteiger partial charge in [0.25, 0.3) is 0 Å². The van der Waals surface area contributed by atoms with E-state index in [9.17, 15) is 0 Å². The SMILES string of the molecule is CCOCCO.[CaH2]. The fraction of sp³-hybridized carbons (Fsp3) is 1.00. The van der Waals surface area contributed by atoms with Crippen LogP contribution in [0.25, 0.3) is 0 Å². The van der Waals surface area contributed by atoms with Gasteiger partial charge < -0.3 is 9.84 Å². The van der Waals surface area contributed by atoms with Crippen molar-refractivity contribution >= 4 is 37.7 Å². The molecular formula is C4H12CaO2. The van der Waals surface area contributed by atoms with E-state index in [4.69, 9.17) is 9.84 Å². The zero-order valence-electron chi connectivity index (χ0n) is 3.98. The summed E-state index contributed by atoms with van der Waals surface area (Å²) in [7, 11) is 0. The summed E-state index contributed by atoms with van der Waals surface area (Å²) >= 11 is 0. The molecule has 0 amide bonds. The Morgan fingerprint density at radius 3 is 2.29 bits per heavy atom. The van der Waals surface area contributed by atoms with E-state index in [1.807, 2.05) is 6.92 Å². The van der Waals surface area contributed by atoms with Crippen LogP contribution in [0.4, 0.5) is 0 Å². The quantitative estimate of drug-likeness (QED) is 0.398. The van der Waals surface area contributed by atoms with Crippen LogP contribution in [0.3, 0.4) is 0 Å². The van der Waals surface area contributed by atoms with Crippen molar-refractivity contribution in [2.45, 2.75) is 6.92 Å². The maximum absolute atomic E-state index is 8.07. The van der Waals surface area contributed by atoms with Crippen molar-refractivity contribution in [3.05, 3.63) is 0 Å². The molecule has 0 aromatic rings.